The first-order valence-corrected chi connectivity index (χ1v) is 11.4. The van der Waals surface area contributed by atoms with E-state index in [-0.39, 0.29) is 24.3 Å². The number of nitrogens with zero attached hydrogens (tertiary/aromatic N) is 1. The molecule has 166 valence electrons. The molecule has 6 heteroatoms. The Morgan fingerprint density at radius 2 is 1.94 bits per heavy atom. The maximum Gasteiger partial charge on any atom is 0.338 e. The molecule has 0 aliphatic carbocycles. The van der Waals surface area contributed by atoms with Gasteiger partial charge in [-0.05, 0) is 81.5 Å². The smallest absolute Gasteiger partial charge is 0.338 e. The minimum Gasteiger partial charge on any atom is -0.462 e. The lowest BCUT2D eigenvalue weighted by atomic mass is 9.98. The van der Waals surface area contributed by atoms with Gasteiger partial charge in [0, 0.05) is 23.3 Å². The van der Waals surface area contributed by atoms with Crippen LogP contribution < -0.4 is 10.2 Å². The fraction of sp³-hybridized carbons (Fsp3) is 0.440. The highest BCUT2D eigenvalue weighted by Crippen LogP contribution is 2.33. The molecule has 1 fully saturated rings. The summed E-state index contributed by atoms with van der Waals surface area (Å²) in [7, 11) is 0. The number of carbonyl (C=O) groups is 2. The summed E-state index contributed by atoms with van der Waals surface area (Å²) in [5, 5.41) is 3.77. The molecular weight excluding hydrogens is 412 g/mol. The van der Waals surface area contributed by atoms with Crippen LogP contribution >= 0.6 is 11.6 Å². The van der Waals surface area contributed by atoms with Crippen molar-refractivity contribution in [1.82, 2.24) is 5.32 Å². The van der Waals surface area contributed by atoms with Crippen LogP contribution in [0.4, 0.5) is 5.69 Å². The van der Waals surface area contributed by atoms with Crippen molar-refractivity contribution in [2.24, 2.45) is 0 Å². The van der Waals surface area contributed by atoms with Gasteiger partial charge in [-0.3, -0.25) is 4.79 Å². The molecular formula is C25H31ClN2O3. The number of anilines is 1. The second-order valence-corrected chi connectivity index (χ2v) is 8.56. The summed E-state index contributed by atoms with van der Waals surface area (Å²) in [6.07, 6.45) is 3.84. The third-order valence-electron chi connectivity index (χ3n) is 5.78. The normalized spacial score (nSPS) is 17.2. The quantitative estimate of drug-likeness (QED) is 0.590. The summed E-state index contributed by atoms with van der Waals surface area (Å²) in [5.41, 5.74) is 3.50. The van der Waals surface area contributed by atoms with E-state index in [4.69, 9.17) is 16.3 Å². The number of hydrogen-bond acceptors (Lipinski definition) is 4. The highest BCUT2D eigenvalue weighted by atomic mass is 35.5. The lowest BCUT2D eigenvalue weighted by Crippen LogP contribution is -2.39. The number of amides is 1. The van der Waals surface area contributed by atoms with Crippen LogP contribution in [0.1, 0.15) is 67.6 Å². The van der Waals surface area contributed by atoms with Crippen LogP contribution in [0.3, 0.4) is 0 Å². The van der Waals surface area contributed by atoms with Crippen molar-refractivity contribution in [3.8, 4) is 0 Å². The number of esters is 1. The molecule has 0 radical (unpaired) electrons. The number of halogens is 1. The molecule has 1 N–H and O–H groups in total. The molecule has 0 saturated carbocycles. The zero-order chi connectivity index (χ0) is 22.4. The van der Waals surface area contributed by atoms with Crippen LogP contribution in [0, 0.1) is 0 Å². The molecule has 2 atom stereocenters. The second kappa shape index (κ2) is 10.7. The van der Waals surface area contributed by atoms with Gasteiger partial charge in [0.25, 0.3) is 0 Å². The average molecular weight is 443 g/mol. The van der Waals surface area contributed by atoms with Crippen LogP contribution in [0.15, 0.2) is 42.5 Å². The van der Waals surface area contributed by atoms with Crippen LogP contribution in [-0.2, 0) is 16.0 Å². The maximum atomic E-state index is 12.7. The predicted molar refractivity (Wildman–Crippen MR) is 125 cm³/mol. The van der Waals surface area contributed by atoms with E-state index in [9.17, 15) is 9.59 Å². The van der Waals surface area contributed by atoms with E-state index < -0.39 is 0 Å². The summed E-state index contributed by atoms with van der Waals surface area (Å²) in [4.78, 5) is 26.9. The minimum atomic E-state index is -0.354. The highest BCUT2D eigenvalue weighted by molar-refractivity contribution is 6.30. The molecule has 1 aliphatic rings. The maximum absolute atomic E-state index is 12.7. The number of benzene rings is 2. The summed E-state index contributed by atoms with van der Waals surface area (Å²) in [5.74, 6) is -0.429. The first-order chi connectivity index (χ1) is 14.9. The van der Waals surface area contributed by atoms with Gasteiger partial charge in [-0.1, -0.05) is 23.7 Å². The van der Waals surface area contributed by atoms with Crippen molar-refractivity contribution in [2.45, 2.75) is 58.5 Å². The first kappa shape index (κ1) is 23.1. The summed E-state index contributed by atoms with van der Waals surface area (Å²) in [6.45, 7) is 7.37. The highest BCUT2D eigenvalue weighted by Gasteiger charge is 2.23. The lowest BCUT2D eigenvalue weighted by molar-refractivity contribution is -0.121. The number of piperidine rings is 1. The Kier molecular flexibility index (Phi) is 7.97. The van der Waals surface area contributed by atoms with Crippen molar-refractivity contribution in [3.05, 3.63) is 64.2 Å². The third kappa shape index (κ3) is 6.01. The Hall–Kier alpha value is -2.53. The van der Waals surface area contributed by atoms with Gasteiger partial charge in [0.15, 0.2) is 0 Å². The van der Waals surface area contributed by atoms with Crippen LogP contribution in [0.2, 0.25) is 5.02 Å². The average Bonchev–Trinajstić information content (AvgIpc) is 2.75. The Balaban J connectivity index is 1.68. The molecule has 0 spiro atoms. The fourth-order valence-electron chi connectivity index (χ4n) is 4.12. The molecule has 3 rings (SSSR count). The SMILES string of the molecule is CCOC(=O)c1ccc(CC(=O)NC(C)c2cc(Cl)ccc2N2CCCCC2C)cc1. The number of rotatable bonds is 7. The number of nitrogens with one attached hydrogen (secondary N) is 1. The van der Waals surface area contributed by atoms with Gasteiger partial charge in [-0.2, -0.15) is 0 Å². The van der Waals surface area contributed by atoms with Gasteiger partial charge in [0.05, 0.1) is 24.6 Å². The van der Waals surface area contributed by atoms with Gasteiger partial charge in [0.2, 0.25) is 5.91 Å². The molecule has 31 heavy (non-hydrogen) atoms. The van der Waals surface area contributed by atoms with Crippen LogP contribution in [0.25, 0.3) is 0 Å². The van der Waals surface area contributed by atoms with Crippen molar-refractivity contribution in [3.63, 3.8) is 0 Å². The topological polar surface area (TPSA) is 58.6 Å². The Labute approximate surface area is 189 Å². The number of carbonyl (C=O) groups excluding carboxylic acids is 2. The zero-order valence-electron chi connectivity index (χ0n) is 18.5. The number of hydrogen-bond donors (Lipinski definition) is 1. The molecule has 5 nitrogen and oxygen atoms in total. The molecule has 2 unspecified atom stereocenters. The zero-order valence-corrected chi connectivity index (χ0v) is 19.2. The van der Waals surface area contributed by atoms with Crippen molar-refractivity contribution in [1.29, 1.82) is 0 Å². The second-order valence-electron chi connectivity index (χ2n) is 8.12. The lowest BCUT2D eigenvalue weighted by Gasteiger charge is -2.37. The first-order valence-electron chi connectivity index (χ1n) is 11.0. The van der Waals surface area contributed by atoms with Gasteiger partial charge >= 0.3 is 5.97 Å². The molecule has 1 amide bonds. The predicted octanol–water partition coefficient (Wildman–Crippen LogP) is 5.32. The van der Waals surface area contributed by atoms with Gasteiger partial charge in [-0.15, -0.1) is 0 Å². The third-order valence-corrected chi connectivity index (χ3v) is 6.01. The van der Waals surface area contributed by atoms with E-state index >= 15 is 0 Å². The van der Waals surface area contributed by atoms with E-state index in [1.54, 1.807) is 31.2 Å². The molecule has 1 saturated heterocycles. The Bertz CT molecular complexity index is 913. The van der Waals surface area contributed by atoms with Gasteiger partial charge in [0.1, 0.15) is 0 Å². The van der Waals surface area contributed by atoms with Crippen LogP contribution in [0.5, 0.6) is 0 Å². The molecule has 0 bridgehead atoms. The van der Waals surface area contributed by atoms with E-state index in [1.807, 2.05) is 19.1 Å². The molecule has 1 aliphatic heterocycles. The molecule has 0 aromatic heterocycles. The Morgan fingerprint density at radius 1 is 1.19 bits per heavy atom. The van der Waals surface area contributed by atoms with E-state index in [2.05, 4.69) is 23.2 Å². The summed E-state index contributed by atoms with van der Waals surface area (Å²) < 4.78 is 5.00. The van der Waals surface area contributed by atoms with E-state index in [0.717, 1.165) is 23.4 Å². The molecule has 1 heterocycles. The van der Waals surface area contributed by atoms with Crippen molar-refractivity contribution >= 4 is 29.2 Å². The van der Waals surface area contributed by atoms with Crippen molar-refractivity contribution < 1.29 is 14.3 Å². The van der Waals surface area contributed by atoms with E-state index in [0.29, 0.717) is 23.2 Å². The minimum absolute atomic E-state index is 0.0750. The monoisotopic (exact) mass is 442 g/mol. The standard InChI is InChI=1S/C25H31ClN2O3/c1-4-31-25(30)20-10-8-19(9-11-20)15-24(29)27-18(3)22-16-21(26)12-13-23(22)28-14-6-5-7-17(28)2/h8-13,16-18H,4-7,14-15H2,1-3H3,(H,27,29). The summed E-state index contributed by atoms with van der Waals surface area (Å²) >= 11 is 6.30. The summed E-state index contributed by atoms with van der Waals surface area (Å²) in [6, 6.07) is 13.2. The molecule has 2 aromatic rings. The Morgan fingerprint density at radius 3 is 2.61 bits per heavy atom. The van der Waals surface area contributed by atoms with Crippen molar-refractivity contribution in [2.75, 3.05) is 18.1 Å². The van der Waals surface area contributed by atoms with Crippen LogP contribution in [-0.4, -0.2) is 31.1 Å². The van der Waals surface area contributed by atoms with Gasteiger partial charge in [-0.25, -0.2) is 4.79 Å². The molecule has 2 aromatic carbocycles. The largest absolute Gasteiger partial charge is 0.462 e. The fourth-order valence-corrected chi connectivity index (χ4v) is 4.30. The number of ether oxygens (including phenoxy) is 1. The van der Waals surface area contributed by atoms with Gasteiger partial charge < -0.3 is 15.0 Å². The van der Waals surface area contributed by atoms with E-state index in [1.165, 1.54) is 19.3 Å².